The lowest BCUT2D eigenvalue weighted by Gasteiger charge is -2.40. The third kappa shape index (κ3) is 5.13. The van der Waals surface area contributed by atoms with Gasteiger partial charge in [-0.3, -0.25) is 14.8 Å². The molecule has 2 atom stereocenters. The van der Waals surface area contributed by atoms with Gasteiger partial charge in [0, 0.05) is 31.9 Å². The van der Waals surface area contributed by atoms with Gasteiger partial charge >= 0.3 is 0 Å². The number of nitrogens with one attached hydrogen (secondary N) is 1. The predicted molar refractivity (Wildman–Crippen MR) is 130 cm³/mol. The second-order valence-electron chi connectivity index (χ2n) is 9.07. The molecule has 1 saturated carbocycles. The van der Waals surface area contributed by atoms with E-state index in [2.05, 4.69) is 17.0 Å². The average molecular weight is 459 g/mol. The quantitative estimate of drug-likeness (QED) is 0.540. The molecule has 1 heterocycles. The minimum Gasteiger partial charge on any atom is -0.368 e. The van der Waals surface area contributed by atoms with Gasteiger partial charge in [-0.1, -0.05) is 42.0 Å². The fraction of sp³-hybridized carbons (Fsp3) is 0.370. The first-order valence-corrected chi connectivity index (χ1v) is 11.7. The van der Waals surface area contributed by atoms with Gasteiger partial charge in [0.1, 0.15) is 0 Å². The summed E-state index contributed by atoms with van der Waals surface area (Å²) in [6.45, 7) is 4.54. The van der Waals surface area contributed by atoms with Crippen LogP contribution in [-0.2, 0) is 9.59 Å². The van der Waals surface area contributed by atoms with Gasteiger partial charge in [-0.2, -0.15) is 5.26 Å². The Morgan fingerprint density at radius 1 is 1.09 bits per heavy atom. The lowest BCUT2D eigenvalue weighted by molar-refractivity contribution is -0.146. The van der Waals surface area contributed by atoms with E-state index in [1.807, 2.05) is 60.4 Å². The van der Waals surface area contributed by atoms with E-state index in [0.29, 0.717) is 44.6 Å². The molecule has 0 radical (unpaired) electrons. The minimum absolute atomic E-state index is 0.0106. The third-order valence-electron chi connectivity index (χ3n) is 6.94. The summed E-state index contributed by atoms with van der Waals surface area (Å²) in [4.78, 5) is 30.0. The molecular formula is C27H30N4O3. The highest BCUT2D eigenvalue weighted by molar-refractivity contribution is 5.88. The van der Waals surface area contributed by atoms with Crippen molar-refractivity contribution >= 4 is 23.6 Å². The van der Waals surface area contributed by atoms with Crippen LogP contribution in [0.15, 0.2) is 54.1 Å². The standard InChI is InChI=1S/C27H30N4O3/c1-19-15-22(18-28)8-10-25(19)30-11-13-31(14-12-30)27(33)23-9-7-21(17-24(23)26(32)29-34)16-20-5-3-2-4-6-20/h2-6,8,10,15-16,23-24,34H,7,9,11-14,17H2,1H3,(H,29,32)/t23-,24-/m0/s1. The van der Waals surface area contributed by atoms with Crippen LogP contribution in [0.25, 0.3) is 6.08 Å². The Kier molecular flexibility index (Phi) is 7.29. The zero-order chi connectivity index (χ0) is 24.1. The molecule has 2 aliphatic rings. The number of aryl methyl sites for hydroxylation is 1. The Labute approximate surface area is 200 Å². The Bertz CT molecular complexity index is 1110. The first-order chi connectivity index (χ1) is 16.5. The van der Waals surface area contributed by atoms with Gasteiger partial charge in [0.15, 0.2) is 0 Å². The summed E-state index contributed by atoms with van der Waals surface area (Å²) < 4.78 is 0. The Morgan fingerprint density at radius 3 is 2.47 bits per heavy atom. The van der Waals surface area contributed by atoms with Gasteiger partial charge in [-0.15, -0.1) is 0 Å². The highest BCUT2D eigenvalue weighted by Crippen LogP contribution is 2.36. The van der Waals surface area contributed by atoms with Gasteiger partial charge in [0.2, 0.25) is 11.8 Å². The molecule has 0 spiro atoms. The van der Waals surface area contributed by atoms with E-state index in [0.717, 1.165) is 28.8 Å². The van der Waals surface area contributed by atoms with Gasteiger partial charge < -0.3 is 9.80 Å². The summed E-state index contributed by atoms with van der Waals surface area (Å²) in [5.74, 6) is -1.53. The molecule has 2 aromatic carbocycles. The molecular weight excluding hydrogens is 428 g/mol. The Hall–Kier alpha value is -3.63. The largest absolute Gasteiger partial charge is 0.368 e. The van der Waals surface area contributed by atoms with E-state index < -0.39 is 17.7 Å². The van der Waals surface area contributed by atoms with Crippen LogP contribution in [0.5, 0.6) is 0 Å². The summed E-state index contributed by atoms with van der Waals surface area (Å²) in [7, 11) is 0. The van der Waals surface area contributed by atoms with Crippen LogP contribution in [0.1, 0.15) is 36.0 Å². The van der Waals surface area contributed by atoms with Crippen LogP contribution >= 0.6 is 0 Å². The summed E-state index contributed by atoms with van der Waals surface area (Å²) in [5.41, 5.74) is 6.73. The van der Waals surface area contributed by atoms with Gasteiger partial charge in [-0.05, 0) is 55.5 Å². The number of benzene rings is 2. The van der Waals surface area contributed by atoms with E-state index in [9.17, 15) is 14.8 Å². The summed E-state index contributed by atoms with van der Waals surface area (Å²) >= 11 is 0. The maximum Gasteiger partial charge on any atom is 0.247 e. The number of rotatable bonds is 4. The number of piperazine rings is 1. The van der Waals surface area contributed by atoms with Crippen LogP contribution in [-0.4, -0.2) is 48.1 Å². The fourth-order valence-corrected chi connectivity index (χ4v) is 5.12. The number of amides is 2. The Morgan fingerprint density at radius 2 is 1.82 bits per heavy atom. The number of nitriles is 1. The van der Waals surface area contributed by atoms with E-state index in [1.165, 1.54) is 0 Å². The van der Waals surface area contributed by atoms with Crippen molar-refractivity contribution < 1.29 is 14.8 Å². The number of hydrogen-bond donors (Lipinski definition) is 2. The number of carbonyl (C=O) groups excluding carboxylic acids is 2. The maximum atomic E-state index is 13.4. The van der Waals surface area contributed by atoms with Crippen molar-refractivity contribution in [3.63, 3.8) is 0 Å². The summed E-state index contributed by atoms with van der Waals surface area (Å²) in [5, 5.41) is 18.4. The van der Waals surface area contributed by atoms with E-state index in [-0.39, 0.29) is 5.91 Å². The second kappa shape index (κ2) is 10.5. The molecule has 0 aromatic heterocycles. The maximum absolute atomic E-state index is 13.4. The molecule has 0 unspecified atom stereocenters. The van der Waals surface area contributed by atoms with Crippen molar-refractivity contribution in [1.82, 2.24) is 10.4 Å². The molecule has 7 nitrogen and oxygen atoms in total. The van der Waals surface area contributed by atoms with Gasteiger partial charge in [0.25, 0.3) is 0 Å². The van der Waals surface area contributed by atoms with E-state index in [1.54, 1.807) is 5.48 Å². The molecule has 2 fully saturated rings. The van der Waals surface area contributed by atoms with Crippen molar-refractivity contribution in [3.05, 3.63) is 70.8 Å². The monoisotopic (exact) mass is 458 g/mol. The van der Waals surface area contributed by atoms with Gasteiger partial charge in [0.05, 0.1) is 23.5 Å². The number of allylic oxidation sites excluding steroid dienone is 1. The average Bonchev–Trinajstić information content (AvgIpc) is 2.88. The smallest absolute Gasteiger partial charge is 0.247 e. The van der Waals surface area contributed by atoms with Crippen LogP contribution in [0, 0.1) is 30.1 Å². The Balaban J connectivity index is 1.42. The summed E-state index contributed by atoms with van der Waals surface area (Å²) in [6, 6.07) is 17.8. The molecule has 7 heteroatoms. The number of carbonyl (C=O) groups is 2. The van der Waals surface area contributed by atoms with E-state index in [4.69, 9.17) is 5.26 Å². The molecule has 1 saturated heterocycles. The van der Waals surface area contributed by atoms with Crippen molar-refractivity contribution in [2.75, 3.05) is 31.1 Å². The van der Waals surface area contributed by atoms with Crippen molar-refractivity contribution in [2.24, 2.45) is 11.8 Å². The van der Waals surface area contributed by atoms with Crippen LogP contribution in [0.4, 0.5) is 5.69 Å². The predicted octanol–water partition coefficient (Wildman–Crippen LogP) is 3.52. The fourth-order valence-electron chi connectivity index (χ4n) is 5.12. The normalized spacial score (nSPS) is 21.7. The lowest BCUT2D eigenvalue weighted by Crippen LogP contribution is -2.53. The van der Waals surface area contributed by atoms with Crippen LogP contribution in [0.2, 0.25) is 0 Å². The molecule has 176 valence electrons. The molecule has 0 bridgehead atoms. The molecule has 4 rings (SSSR count). The van der Waals surface area contributed by atoms with Gasteiger partial charge in [-0.25, -0.2) is 5.48 Å². The molecule has 1 aliphatic carbocycles. The molecule has 34 heavy (non-hydrogen) atoms. The molecule has 2 aromatic rings. The zero-order valence-corrected chi connectivity index (χ0v) is 19.4. The topological polar surface area (TPSA) is 96.7 Å². The minimum atomic E-state index is -0.583. The van der Waals surface area contributed by atoms with Crippen LogP contribution < -0.4 is 10.4 Å². The van der Waals surface area contributed by atoms with E-state index >= 15 is 0 Å². The van der Waals surface area contributed by atoms with Crippen LogP contribution in [0.3, 0.4) is 0 Å². The zero-order valence-electron chi connectivity index (χ0n) is 19.4. The second-order valence-corrected chi connectivity index (χ2v) is 9.07. The number of anilines is 1. The van der Waals surface area contributed by atoms with Crippen molar-refractivity contribution in [3.8, 4) is 6.07 Å². The van der Waals surface area contributed by atoms with Crippen molar-refractivity contribution in [2.45, 2.75) is 26.2 Å². The molecule has 1 aliphatic heterocycles. The third-order valence-corrected chi connectivity index (χ3v) is 6.94. The number of nitrogens with zero attached hydrogens (tertiary/aromatic N) is 3. The summed E-state index contributed by atoms with van der Waals surface area (Å²) in [6.07, 6.45) is 3.88. The lowest BCUT2D eigenvalue weighted by atomic mass is 9.75. The molecule has 2 N–H and O–H groups in total. The number of hydroxylamine groups is 1. The number of hydrogen-bond acceptors (Lipinski definition) is 5. The SMILES string of the molecule is Cc1cc(C#N)ccc1N1CCN(C(=O)[C@H]2CCC(=Cc3ccccc3)C[C@@H]2C(=O)NO)CC1. The molecule has 2 amide bonds. The first-order valence-electron chi connectivity index (χ1n) is 11.7. The van der Waals surface area contributed by atoms with Crippen molar-refractivity contribution in [1.29, 1.82) is 5.26 Å². The highest BCUT2D eigenvalue weighted by Gasteiger charge is 2.40. The highest BCUT2D eigenvalue weighted by atomic mass is 16.5. The first kappa shape index (κ1) is 23.5.